The molecule has 1 amide bonds. The van der Waals surface area contributed by atoms with Crippen molar-refractivity contribution in [3.05, 3.63) is 87.0 Å². The minimum Gasteiger partial charge on any atom is -0.311 e. The smallest absolute Gasteiger partial charge is 0.271 e. The van der Waals surface area contributed by atoms with E-state index in [4.69, 9.17) is 0 Å². The highest BCUT2D eigenvalue weighted by Gasteiger charge is 2.25. The molecule has 0 saturated heterocycles. The topological polar surface area (TPSA) is 98.3 Å². The van der Waals surface area contributed by atoms with Gasteiger partial charge in [-0.3, -0.25) is 24.3 Å². The zero-order valence-electron chi connectivity index (χ0n) is 16.9. The van der Waals surface area contributed by atoms with Crippen LogP contribution in [0.5, 0.6) is 0 Å². The normalized spacial score (nSPS) is 13.2. The van der Waals surface area contributed by atoms with Crippen LogP contribution >= 0.6 is 11.3 Å². The number of nitro benzene ring substituents is 1. The standard InChI is InChI=1S/C23H18N4O4S/c28-21(26-10-4-7-16-11-17(27(30)31)8-9-19(16)26)13-25-14-24-18-12-20(32-22(18)23(25)29)15-5-2-1-3-6-15/h1-3,5-6,8-9,11-12,14H,4,7,10,13H2. The first-order chi connectivity index (χ1) is 15.5. The molecule has 3 heterocycles. The van der Waals surface area contributed by atoms with Crippen molar-refractivity contribution in [2.24, 2.45) is 0 Å². The molecule has 5 rings (SSSR count). The Balaban J connectivity index is 1.44. The molecule has 0 atom stereocenters. The molecule has 8 nitrogen and oxygen atoms in total. The quantitative estimate of drug-likeness (QED) is 0.348. The number of amides is 1. The van der Waals surface area contributed by atoms with E-state index in [1.54, 1.807) is 11.0 Å². The third-order valence-corrected chi connectivity index (χ3v) is 6.72. The number of benzene rings is 2. The first-order valence-electron chi connectivity index (χ1n) is 10.1. The predicted molar refractivity (Wildman–Crippen MR) is 123 cm³/mol. The average Bonchev–Trinajstić information content (AvgIpc) is 3.26. The van der Waals surface area contributed by atoms with Crippen LogP contribution in [0.1, 0.15) is 12.0 Å². The van der Waals surface area contributed by atoms with Gasteiger partial charge in [0.25, 0.3) is 11.2 Å². The van der Waals surface area contributed by atoms with E-state index in [-0.39, 0.29) is 23.7 Å². The summed E-state index contributed by atoms with van der Waals surface area (Å²) in [6.07, 6.45) is 2.79. The van der Waals surface area contributed by atoms with Crippen molar-refractivity contribution in [3.8, 4) is 10.4 Å². The number of nitro groups is 1. The number of carbonyl (C=O) groups excluding carboxylic acids is 1. The van der Waals surface area contributed by atoms with Gasteiger partial charge in [0.1, 0.15) is 11.2 Å². The van der Waals surface area contributed by atoms with E-state index in [1.165, 1.54) is 34.4 Å². The summed E-state index contributed by atoms with van der Waals surface area (Å²) in [5.41, 5.74) is 2.81. The molecule has 1 aliphatic rings. The van der Waals surface area contributed by atoms with E-state index in [0.29, 0.717) is 35.3 Å². The van der Waals surface area contributed by atoms with Crippen molar-refractivity contribution in [3.63, 3.8) is 0 Å². The summed E-state index contributed by atoms with van der Waals surface area (Å²) in [4.78, 5) is 43.7. The van der Waals surface area contributed by atoms with Gasteiger partial charge in [0.2, 0.25) is 5.91 Å². The fourth-order valence-corrected chi connectivity index (χ4v) is 5.06. The van der Waals surface area contributed by atoms with Crippen molar-refractivity contribution < 1.29 is 9.72 Å². The summed E-state index contributed by atoms with van der Waals surface area (Å²) in [5.74, 6) is -0.247. The average molecular weight is 446 g/mol. The maximum absolute atomic E-state index is 13.1. The molecular weight excluding hydrogens is 428 g/mol. The Morgan fingerprint density at radius 1 is 1.16 bits per heavy atom. The summed E-state index contributed by atoms with van der Waals surface area (Å²) in [5, 5.41) is 11.1. The summed E-state index contributed by atoms with van der Waals surface area (Å²) in [6, 6.07) is 16.2. The van der Waals surface area contributed by atoms with E-state index in [2.05, 4.69) is 4.98 Å². The van der Waals surface area contributed by atoms with E-state index in [0.717, 1.165) is 16.0 Å². The van der Waals surface area contributed by atoms with E-state index < -0.39 is 4.92 Å². The zero-order chi connectivity index (χ0) is 22.2. The number of rotatable bonds is 4. The lowest BCUT2D eigenvalue weighted by molar-refractivity contribution is -0.384. The van der Waals surface area contributed by atoms with Crippen molar-refractivity contribution in [1.82, 2.24) is 9.55 Å². The second kappa shape index (κ2) is 8.01. The van der Waals surface area contributed by atoms with E-state index in [1.807, 2.05) is 36.4 Å². The molecule has 0 aliphatic carbocycles. The SMILES string of the molecule is O=C(Cn1cnc2cc(-c3ccccc3)sc2c1=O)N1CCCc2cc([N+](=O)[O-])ccc21. The Hall–Kier alpha value is -3.85. The number of aromatic nitrogens is 2. The lowest BCUT2D eigenvalue weighted by atomic mass is 10.0. The second-order valence-corrected chi connectivity index (χ2v) is 8.64. The highest BCUT2D eigenvalue weighted by Crippen LogP contribution is 2.32. The van der Waals surface area contributed by atoms with Crippen LogP contribution in [0.25, 0.3) is 20.7 Å². The zero-order valence-corrected chi connectivity index (χ0v) is 17.7. The molecule has 0 radical (unpaired) electrons. The fraction of sp³-hybridized carbons (Fsp3) is 0.174. The second-order valence-electron chi connectivity index (χ2n) is 7.59. The molecule has 0 N–H and O–H groups in total. The Kier molecular flexibility index (Phi) is 5.02. The number of hydrogen-bond donors (Lipinski definition) is 0. The van der Waals surface area contributed by atoms with Crippen LogP contribution in [0.4, 0.5) is 11.4 Å². The molecule has 0 bridgehead atoms. The van der Waals surface area contributed by atoms with Crippen molar-refractivity contribution >= 4 is 38.8 Å². The maximum Gasteiger partial charge on any atom is 0.271 e. The van der Waals surface area contributed by atoms with Gasteiger partial charge in [-0.15, -0.1) is 11.3 Å². The number of anilines is 1. The predicted octanol–water partition coefficient (Wildman–Crippen LogP) is 4.01. The Morgan fingerprint density at radius 2 is 1.97 bits per heavy atom. The van der Waals surface area contributed by atoms with Crippen LogP contribution < -0.4 is 10.5 Å². The van der Waals surface area contributed by atoms with Crippen molar-refractivity contribution in [1.29, 1.82) is 0 Å². The largest absolute Gasteiger partial charge is 0.311 e. The highest BCUT2D eigenvalue weighted by atomic mass is 32.1. The molecule has 160 valence electrons. The first-order valence-corrected chi connectivity index (χ1v) is 10.9. The monoisotopic (exact) mass is 446 g/mol. The van der Waals surface area contributed by atoms with E-state index in [9.17, 15) is 19.7 Å². The summed E-state index contributed by atoms with van der Waals surface area (Å²) >= 11 is 1.36. The maximum atomic E-state index is 13.1. The van der Waals surface area contributed by atoms with Crippen LogP contribution in [0.15, 0.2) is 65.7 Å². The first kappa shape index (κ1) is 20.1. The molecule has 0 unspecified atom stereocenters. The molecule has 0 spiro atoms. The number of fused-ring (bicyclic) bond motifs is 2. The van der Waals surface area contributed by atoms with Gasteiger partial charge in [-0.05, 0) is 36.1 Å². The van der Waals surface area contributed by atoms with Gasteiger partial charge in [0.05, 0.1) is 16.8 Å². The van der Waals surface area contributed by atoms with Gasteiger partial charge in [-0.2, -0.15) is 0 Å². The van der Waals surface area contributed by atoms with Gasteiger partial charge >= 0.3 is 0 Å². The number of thiophene rings is 1. The van der Waals surface area contributed by atoms with Crippen LogP contribution in [-0.2, 0) is 17.8 Å². The third-order valence-electron chi connectivity index (χ3n) is 5.56. The van der Waals surface area contributed by atoms with Crippen molar-refractivity contribution in [2.45, 2.75) is 19.4 Å². The van der Waals surface area contributed by atoms with Crippen LogP contribution in [0.3, 0.4) is 0 Å². The molecular formula is C23H18N4O4S. The summed E-state index contributed by atoms with van der Waals surface area (Å²) in [7, 11) is 0. The molecule has 32 heavy (non-hydrogen) atoms. The van der Waals surface area contributed by atoms with Gasteiger partial charge in [-0.25, -0.2) is 4.98 Å². The molecule has 9 heteroatoms. The van der Waals surface area contributed by atoms with Crippen LogP contribution in [-0.4, -0.2) is 26.9 Å². The number of carbonyl (C=O) groups is 1. The van der Waals surface area contributed by atoms with Crippen LogP contribution in [0, 0.1) is 10.1 Å². The Bertz CT molecular complexity index is 1410. The molecule has 1 aliphatic heterocycles. The minimum atomic E-state index is -0.438. The van der Waals surface area contributed by atoms with Gasteiger partial charge in [-0.1, -0.05) is 30.3 Å². The lowest BCUT2D eigenvalue weighted by Crippen LogP contribution is -2.39. The number of aryl methyl sites for hydroxylation is 1. The number of nitrogens with zero attached hydrogens (tertiary/aromatic N) is 4. The molecule has 0 fully saturated rings. The summed E-state index contributed by atoms with van der Waals surface area (Å²) < 4.78 is 1.84. The molecule has 4 aromatic rings. The summed E-state index contributed by atoms with van der Waals surface area (Å²) in [6.45, 7) is 0.363. The molecule has 0 saturated carbocycles. The van der Waals surface area contributed by atoms with Crippen molar-refractivity contribution in [2.75, 3.05) is 11.4 Å². The minimum absolute atomic E-state index is 0.0100. The Labute approximate surface area is 186 Å². The number of non-ortho nitro benzene ring substituents is 1. The van der Waals surface area contributed by atoms with Crippen LogP contribution in [0.2, 0.25) is 0 Å². The third kappa shape index (κ3) is 3.56. The Morgan fingerprint density at radius 3 is 2.75 bits per heavy atom. The highest BCUT2D eigenvalue weighted by molar-refractivity contribution is 7.22. The fourth-order valence-electron chi connectivity index (χ4n) is 3.99. The lowest BCUT2D eigenvalue weighted by Gasteiger charge is -2.29. The molecule has 2 aromatic carbocycles. The van der Waals surface area contributed by atoms with Gasteiger partial charge in [0, 0.05) is 29.2 Å². The molecule has 2 aromatic heterocycles. The van der Waals surface area contributed by atoms with Gasteiger partial charge < -0.3 is 4.90 Å². The van der Waals surface area contributed by atoms with Gasteiger partial charge in [0.15, 0.2) is 0 Å². The van der Waals surface area contributed by atoms with E-state index >= 15 is 0 Å². The number of hydrogen-bond acceptors (Lipinski definition) is 6.